The van der Waals surface area contributed by atoms with Gasteiger partial charge in [-0.15, -0.1) is 11.3 Å². The molecule has 0 aliphatic carbocycles. The maximum absolute atomic E-state index is 6.61. The van der Waals surface area contributed by atoms with Gasteiger partial charge in [-0.25, -0.2) is 4.98 Å². The minimum absolute atomic E-state index is 0.263. The molecule has 18 heavy (non-hydrogen) atoms. The number of nitrogens with two attached hydrogens (primary N) is 1. The van der Waals surface area contributed by atoms with Gasteiger partial charge in [0, 0.05) is 11.5 Å². The normalized spacial score (nSPS) is 28.6. The van der Waals surface area contributed by atoms with Gasteiger partial charge in [0.15, 0.2) is 0 Å². The predicted octanol–water partition coefficient (Wildman–Crippen LogP) is 3.15. The molecule has 2 heterocycles. The lowest BCUT2D eigenvalue weighted by molar-refractivity contribution is -0.0242. The van der Waals surface area contributed by atoms with Crippen molar-refractivity contribution >= 4 is 11.3 Å². The predicted molar refractivity (Wildman–Crippen MR) is 76.0 cm³/mol. The van der Waals surface area contributed by atoms with E-state index in [-0.39, 0.29) is 5.54 Å². The maximum Gasteiger partial charge on any atom is 0.113 e. The number of rotatable bonds is 4. The molecular formula is C14H24N2OS. The summed E-state index contributed by atoms with van der Waals surface area (Å²) < 4.78 is 5.80. The minimum Gasteiger partial charge on any atom is -0.378 e. The first-order valence-corrected chi connectivity index (χ1v) is 7.78. The van der Waals surface area contributed by atoms with E-state index in [1.54, 1.807) is 11.3 Å². The molecule has 2 rings (SSSR count). The lowest BCUT2D eigenvalue weighted by atomic mass is 9.87. The number of aromatic nitrogens is 1. The number of hydrogen-bond acceptors (Lipinski definition) is 4. The summed E-state index contributed by atoms with van der Waals surface area (Å²) in [6.45, 7) is 7.26. The second-order valence-corrected chi connectivity index (χ2v) is 6.47. The van der Waals surface area contributed by atoms with Crippen LogP contribution in [0.3, 0.4) is 0 Å². The second kappa shape index (κ2) is 5.68. The van der Waals surface area contributed by atoms with Gasteiger partial charge < -0.3 is 10.5 Å². The zero-order chi connectivity index (χ0) is 13.2. The topological polar surface area (TPSA) is 48.1 Å². The summed E-state index contributed by atoms with van der Waals surface area (Å²) in [5.41, 5.74) is 7.55. The Kier molecular flexibility index (Phi) is 4.41. The van der Waals surface area contributed by atoms with Gasteiger partial charge in [-0.3, -0.25) is 0 Å². The Labute approximate surface area is 114 Å². The molecule has 102 valence electrons. The van der Waals surface area contributed by atoms with Crippen molar-refractivity contribution in [3.05, 3.63) is 15.6 Å². The van der Waals surface area contributed by atoms with Crippen molar-refractivity contribution in [1.82, 2.24) is 4.98 Å². The minimum atomic E-state index is -0.263. The summed E-state index contributed by atoms with van der Waals surface area (Å²) in [7, 11) is 0. The van der Waals surface area contributed by atoms with Crippen LogP contribution in [0.25, 0.3) is 0 Å². The quantitative estimate of drug-likeness (QED) is 0.912. The molecule has 0 saturated carbocycles. The fourth-order valence-electron chi connectivity index (χ4n) is 2.65. The van der Waals surface area contributed by atoms with Crippen molar-refractivity contribution in [2.45, 2.75) is 64.5 Å². The van der Waals surface area contributed by atoms with Gasteiger partial charge in [0.2, 0.25) is 0 Å². The van der Waals surface area contributed by atoms with E-state index in [0.29, 0.717) is 6.10 Å². The van der Waals surface area contributed by atoms with Crippen molar-refractivity contribution in [2.24, 2.45) is 5.73 Å². The first-order chi connectivity index (χ1) is 8.59. The fraction of sp³-hybridized carbons (Fsp3) is 0.786. The average molecular weight is 268 g/mol. The zero-order valence-electron chi connectivity index (χ0n) is 11.7. The van der Waals surface area contributed by atoms with E-state index in [1.165, 1.54) is 10.6 Å². The van der Waals surface area contributed by atoms with Gasteiger partial charge in [0.25, 0.3) is 0 Å². The molecule has 2 unspecified atom stereocenters. The van der Waals surface area contributed by atoms with E-state index >= 15 is 0 Å². The highest BCUT2D eigenvalue weighted by atomic mass is 32.1. The van der Waals surface area contributed by atoms with Crippen LogP contribution in [0.4, 0.5) is 0 Å². The Hall–Kier alpha value is -0.450. The Morgan fingerprint density at radius 3 is 2.89 bits per heavy atom. The van der Waals surface area contributed by atoms with E-state index in [4.69, 9.17) is 15.5 Å². The lowest BCUT2D eigenvalue weighted by Crippen LogP contribution is -2.45. The number of hydrogen-bond donors (Lipinski definition) is 1. The SMILES string of the molecule is CCCC1CC(N)(c2nc(CC)c(C)s2)CCO1. The number of thiazole rings is 1. The molecule has 0 aromatic carbocycles. The van der Waals surface area contributed by atoms with Gasteiger partial charge in [0.1, 0.15) is 5.01 Å². The maximum atomic E-state index is 6.61. The molecule has 0 radical (unpaired) electrons. The Morgan fingerprint density at radius 1 is 1.50 bits per heavy atom. The molecule has 2 atom stereocenters. The third-order valence-electron chi connectivity index (χ3n) is 3.76. The molecule has 1 aromatic heterocycles. The molecule has 3 nitrogen and oxygen atoms in total. The van der Waals surface area contributed by atoms with E-state index in [2.05, 4.69) is 20.8 Å². The zero-order valence-corrected chi connectivity index (χ0v) is 12.5. The first-order valence-electron chi connectivity index (χ1n) is 6.96. The molecule has 1 aliphatic rings. The van der Waals surface area contributed by atoms with E-state index in [1.807, 2.05) is 0 Å². The third kappa shape index (κ3) is 2.76. The van der Waals surface area contributed by atoms with Gasteiger partial charge in [-0.2, -0.15) is 0 Å². The Bertz CT molecular complexity index is 402. The van der Waals surface area contributed by atoms with Crippen molar-refractivity contribution < 1.29 is 4.74 Å². The van der Waals surface area contributed by atoms with Crippen LogP contribution in [0, 0.1) is 6.92 Å². The molecular weight excluding hydrogens is 244 g/mol. The molecule has 4 heteroatoms. The van der Waals surface area contributed by atoms with E-state index in [9.17, 15) is 0 Å². The van der Waals surface area contributed by atoms with Crippen molar-refractivity contribution in [2.75, 3.05) is 6.61 Å². The fourth-order valence-corrected chi connectivity index (χ4v) is 3.79. The van der Waals surface area contributed by atoms with E-state index < -0.39 is 0 Å². The van der Waals surface area contributed by atoms with Crippen LogP contribution < -0.4 is 5.73 Å². The molecule has 0 bridgehead atoms. The van der Waals surface area contributed by atoms with Gasteiger partial charge in [0.05, 0.1) is 17.3 Å². The summed E-state index contributed by atoms with van der Waals surface area (Å²) in [5, 5.41) is 1.11. The van der Waals surface area contributed by atoms with Crippen LogP contribution in [-0.2, 0) is 16.7 Å². The second-order valence-electron chi connectivity index (χ2n) is 5.27. The van der Waals surface area contributed by atoms with Crippen molar-refractivity contribution in [3.63, 3.8) is 0 Å². The molecule has 1 aromatic rings. The smallest absolute Gasteiger partial charge is 0.113 e. The van der Waals surface area contributed by atoms with Crippen LogP contribution in [0.2, 0.25) is 0 Å². The van der Waals surface area contributed by atoms with E-state index in [0.717, 1.165) is 43.7 Å². The molecule has 0 spiro atoms. The van der Waals surface area contributed by atoms with Crippen molar-refractivity contribution in [3.8, 4) is 0 Å². The summed E-state index contributed by atoms with van der Waals surface area (Å²) in [6, 6.07) is 0. The summed E-state index contributed by atoms with van der Waals surface area (Å²) in [6.07, 6.45) is 5.36. The first kappa shape index (κ1) is 14.0. The summed E-state index contributed by atoms with van der Waals surface area (Å²) in [4.78, 5) is 6.07. The van der Waals surface area contributed by atoms with Crippen molar-refractivity contribution in [1.29, 1.82) is 0 Å². The Morgan fingerprint density at radius 2 is 2.28 bits per heavy atom. The van der Waals surface area contributed by atoms with Gasteiger partial charge in [-0.1, -0.05) is 20.3 Å². The number of aryl methyl sites for hydroxylation is 2. The Balaban J connectivity index is 2.18. The molecule has 1 saturated heterocycles. The largest absolute Gasteiger partial charge is 0.378 e. The monoisotopic (exact) mass is 268 g/mol. The molecule has 1 aliphatic heterocycles. The average Bonchev–Trinajstić information content (AvgIpc) is 2.72. The highest BCUT2D eigenvalue weighted by Crippen LogP contribution is 2.36. The van der Waals surface area contributed by atoms with Gasteiger partial charge >= 0.3 is 0 Å². The van der Waals surface area contributed by atoms with Crippen LogP contribution in [0.1, 0.15) is 55.1 Å². The highest BCUT2D eigenvalue weighted by Gasteiger charge is 2.37. The van der Waals surface area contributed by atoms with Crippen LogP contribution in [0.5, 0.6) is 0 Å². The third-order valence-corrected chi connectivity index (χ3v) is 4.99. The summed E-state index contributed by atoms with van der Waals surface area (Å²) >= 11 is 1.77. The molecule has 2 N–H and O–H groups in total. The molecule has 1 fully saturated rings. The summed E-state index contributed by atoms with van der Waals surface area (Å²) in [5.74, 6) is 0. The highest BCUT2D eigenvalue weighted by molar-refractivity contribution is 7.11. The molecule has 0 amide bonds. The lowest BCUT2D eigenvalue weighted by Gasteiger charge is -2.36. The van der Waals surface area contributed by atoms with Crippen LogP contribution >= 0.6 is 11.3 Å². The van der Waals surface area contributed by atoms with Crippen LogP contribution in [0.15, 0.2) is 0 Å². The van der Waals surface area contributed by atoms with Gasteiger partial charge in [-0.05, 0) is 32.6 Å². The van der Waals surface area contributed by atoms with Crippen LogP contribution in [-0.4, -0.2) is 17.7 Å². The number of nitrogens with zero attached hydrogens (tertiary/aromatic N) is 1. The number of ether oxygens (including phenoxy) is 1. The standard InChI is InChI=1S/C14H24N2OS/c1-4-6-11-9-14(15,7-8-17-11)13-16-12(5-2)10(3)18-13/h11H,4-9,15H2,1-3H3.